The van der Waals surface area contributed by atoms with Gasteiger partial charge in [-0.25, -0.2) is 13.6 Å². The zero-order valence-electron chi connectivity index (χ0n) is 11.4. The number of benzene rings is 1. The van der Waals surface area contributed by atoms with Crippen LogP contribution in [-0.4, -0.2) is 23.2 Å². The molecule has 0 saturated carbocycles. The van der Waals surface area contributed by atoms with Gasteiger partial charge in [-0.05, 0) is 18.1 Å². The molecule has 21 heavy (non-hydrogen) atoms. The standard InChI is InChI=1S/C12H14Cl2N4O2S/c1-7(2)6-18-11(16-17-12(18)21(15,19)20)10-8(13)4-3-5-9(10)14/h3-5,7H,6H2,1-2H3,(H2,15,19,20). The second kappa shape index (κ2) is 5.92. The summed E-state index contributed by atoms with van der Waals surface area (Å²) in [6.45, 7) is 4.24. The molecule has 0 radical (unpaired) electrons. The van der Waals surface area contributed by atoms with Gasteiger partial charge in [0.25, 0.3) is 15.2 Å². The number of hydrogen-bond acceptors (Lipinski definition) is 4. The van der Waals surface area contributed by atoms with Crippen LogP contribution < -0.4 is 5.14 Å². The quantitative estimate of drug-likeness (QED) is 0.918. The number of sulfonamides is 1. The molecule has 0 atom stereocenters. The Morgan fingerprint density at radius 3 is 2.29 bits per heavy atom. The van der Waals surface area contributed by atoms with E-state index < -0.39 is 10.0 Å². The van der Waals surface area contributed by atoms with Crippen molar-refractivity contribution in [3.05, 3.63) is 28.2 Å². The van der Waals surface area contributed by atoms with Gasteiger partial charge >= 0.3 is 0 Å². The zero-order chi connectivity index (χ0) is 15.8. The Hall–Kier alpha value is -1.15. The molecule has 0 spiro atoms. The summed E-state index contributed by atoms with van der Waals surface area (Å²) in [5, 5.41) is 13.2. The van der Waals surface area contributed by atoms with Crippen LogP contribution in [0.25, 0.3) is 11.4 Å². The molecule has 0 unspecified atom stereocenters. The van der Waals surface area contributed by atoms with E-state index in [0.717, 1.165) is 0 Å². The lowest BCUT2D eigenvalue weighted by atomic mass is 10.2. The van der Waals surface area contributed by atoms with Gasteiger partial charge in [0.1, 0.15) is 0 Å². The molecule has 0 amide bonds. The summed E-state index contributed by atoms with van der Waals surface area (Å²) < 4.78 is 24.7. The number of hydrogen-bond donors (Lipinski definition) is 1. The maximum atomic E-state index is 11.6. The van der Waals surface area contributed by atoms with Crippen LogP contribution in [0, 0.1) is 5.92 Å². The molecular formula is C12H14Cl2N4O2S. The first-order valence-electron chi connectivity index (χ1n) is 6.12. The topological polar surface area (TPSA) is 90.9 Å². The largest absolute Gasteiger partial charge is 0.296 e. The van der Waals surface area contributed by atoms with E-state index in [2.05, 4.69) is 10.2 Å². The predicted octanol–water partition coefficient (Wildman–Crippen LogP) is 2.56. The zero-order valence-corrected chi connectivity index (χ0v) is 13.7. The summed E-state index contributed by atoms with van der Waals surface area (Å²) >= 11 is 12.3. The summed E-state index contributed by atoms with van der Waals surface area (Å²) in [4.78, 5) is 0. The van der Waals surface area contributed by atoms with Crippen molar-refractivity contribution in [1.82, 2.24) is 14.8 Å². The van der Waals surface area contributed by atoms with Crippen molar-refractivity contribution < 1.29 is 8.42 Å². The summed E-state index contributed by atoms with van der Waals surface area (Å²) in [7, 11) is -3.99. The van der Waals surface area contributed by atoms with Crippen LogP contribution in [-0.2, 0) is 16.6 Å². The minimum Gasteiger partial charge on any atom is -0.296 e. The van der Waals surface area contributed by atoms with Gasteiger partial charge in [-0.1, -0.05) is 43.1 Å². The fourth-order valence-electron chi connectivity index (χ4n) is 1.93. The molecule has 114 valence electrons. The van der Waals surface area contributed by atoms with Gasteiger partial charge in [0.15, 0.2) is 5.82 Å². The van der Waals surface area contributed by atoms with Crippen LogP contribution in [0.1, 0.15) is 13.8 Å². The van der Waals surface area contributed by atoms with E-state index in [1.807, 2.05) is 13.8 Å². The molecule has 0 bridgehead atoms. The molecule has 2 rings (SSSR count). The minimum atomic E-state index is -3.99. The highest BCUT2D eigenvalue weighted by Gasteiger charge is 2.24. The third kappa shape index (κ3) is 3.37. The first-order chi connectivity index (χ1) is 9.71. The fraction of sp³-hybridized carbons (Fsp3) is 0.333. The van der Waals surface area contributed by atoms with Gasteiger partial charge in [0.2, 0.25) is 0 Å². The number of nitrogens with zero attached hydrogens (tertiary/aromatic N) is 3. The van der Waals surface area contributed by atoms with Crippen molar-refractivity contribution in [1.29, 1.82) is 0 Å². The summed E-state index contributed by atoms with van der Waals surface area (Å²) in [6.07, 6.45) is 0. The maximum absolute atomic E-state index is 11.6. The van der Waals surface area contributed by atoms with Gasteiger partial charge in [0, 0.05) is 6.54 Å². The van der Waals surface area contributed by atoms with Gasteiger partial charge < -0.3 is 0 Å². The summed E-state index contributed by atoms with van der Waals surface area (Å²) in [6, 6.07) is 4.99. The molecule has 2 N–H and O–H groups in total. The number of rotatable bonds is 4. The Balaban J connectivity index is 2.73. The van der Waals surface area contributed by atoms with Crippen LogP contribution in [0.2, 0.25) is 10.0 Å². The maximum Gasteiger partial charge on any atom is 0.273 e. The highest BCUT2D eigenvalue weighted by atomic mass is 35.5. The van der Waals surface area contributed by atoms with Gasteiger partial charge in [0.05, 0.1) is 15.6 Å². The number of halogens is 2. The molecule has 0 aliphatic heterocycles. The van der Waals surface area contributed by atoms with Crippen molar-refractivity contribution in [2.24, 2.45) is 11.1 Å². The molecule has 0 aliphatic rings. The third-order valence-electron chi connectivity index (χ3n) is 2.71. The SMILES string of the molecule is CC(C)Cn1c(-c2c(Cl)cccc2Cl)nnc1S(N)(=O)=O. The average Bonchev–Trinajstić information content (AvgIpc) is 2.71. The van der Waals surface area contributed by atoms with Gasteiger partial charge in [-0.2, -0.15) is 0 Å². The minimum absolute atomic E-state index is 0.154. The van der Waals surface area contributed by atoms with Gasteiger partial charge in [-0.3, -0.25) is 4.57 Å². The van der Waals surface area contributed by atoms with Crippen molar-refractivity contribution >= 4 is 33.2 Å². The second-order valence-electron chi connectivity index (χ2n) is 4.95. The fourth-order valence-corrected chi connectivity index (χ4v) is 3.11. The van der Waals surface area contributed by atoms with Crippen LogP contribution in [0.5, 0.6) is 0 Å². The number of primary sulfonamides is 1. The van der Waals surface area contributed by atoms with Gasteiger partial charge in [-0.15, -0.1) is 10.2 Å². The Bertz CT molecular complexity index is 751. The molecule has 2 aromatic rings. The Morgan fingerprint density at radius 1 is 1.24 bits per heavy atom. The molecule has 0 fully saturated rings. The molecule has 9 heteroatoms. The van der Waals surface area contributed by atoms with Crippen LogP contribution in [0.3, 0.4) is 0 Å². The molecular weight excluding hydrogens is 335 g/mol. The van der Waals surface area contributed by atoms with E-state index in [1.54, 1.807) is 18.2 Å². The molecule has 1 aromatic heterocycles. The van der Waals surface area contributed by atoms with E-state index >= 15 is 0 Å². The summed E-state index contributed by atoms with van der Waals surface area (Å²) in [5.41, 5.74) is 0.434. The van der Waals surface area contributed by atoms with Crippen molar-refractivity contribution in [2.75, 3.05) is 0 Å². The van der Waals surface area contributed by atoms with E-state index in [1.165, 1.54) is 4.57 Å². The van der Waals surface area contributed by atoms with Crippen molar-refractivity contribution in [3.63, 3.8) is 0 Å². The highest BCUT2D eigenvalue weighted by Crippen LogP contribution is 2.34. The molecule has 1 heterocycles. The third-order valence-corrected chi connectivity index (χ3v) is 4.15. The van der Waals surface area contributed by atoms with E-state index in [4.69, 9.17) is 28.3 Å². The molecule has 6 nitrogen and oxygen atoms in total. The lowest BCUT2D eigenvalue weighted by molar-refractivity contribution is 0.486. The lowest BCUT2D eigenvalue weighted by Gasteiger charge is -2.13. The van der Waals surface area contributed by atoms with Crippen LogP contribution >= 0.6 is 23.2 Å². The normalized spacial score (nSPS) is 12.1. The molecule has 0 aliphatic carbocycles. The Labute approximate surface area is 132 Å². The summed E-state index contributed by atoms with van der Waals surface area (Å²) in [5.74, 6) is 0.435. The molecule has 0 saturated heterocycles. The highest BCUT2D eigenvalue weighted by molar-refractivity contribution is 7.89. The van der Waals surface area contributed by atoms with Crippen molar-refractivity contribution in [3.8, 4) is 11.4 Å². The monoisotopic (exact) mass is 348 g/mol. The van der Waals surface area contributed by atoms with E-state index in [-0.39, 0.29) is 16.9 Å². The van der Waals surface area contributed by atoms with E-state index in [9.17, 15) is 8.42 Å². The second-order valence-corrected chi connectivity index (χ2v) is 7.22. The van der Waals surface area contributed by atoms with E-state index in [0.29, 0.717) is 22.2 Å². The first kappa shape index (κ1) is 16.2. The number of nitrogens with two attached hydrogens (primary N) is 1. The Kier molecular flexibility index (Phi) is 4.57. The Morgan fingerprint density at radius 2 is 1.81 bits per heavy atom. The van der Waals surface area contributed by atoms with Crippen LogP contribution in [0.4, 0.5) is 0 Å². The number of aromatic nitrogens is 3. The molecule has 1 aromatic carbocycles. The average molecular weight is 349 g/mol. The first-order valence-corrected chi connectivity index (χ1v) is 8.42. The van der Waals surface area contributed by atoms with Crippen molar-refractivity contribution in [2.45, 2.75) is 25.5 Å². The van der Waals surface area contributed by atoms with Crippen LogP contribution in [0.15, 0.2) is 23.4 Å². The lowest BCUT2D eigenvalue weighted by Crippen LogP contribution is -2.20. The smallest absolute Gasteiger partial charge is 0.273 e. The predicted molar refractivity (Wildman–Crippen MR) is 81.7 cm³/mol.